The molecule has 1 aromatic carbocycles. The summed E-state index contributed by atoms with van der Waals surface area (Å²) in [5.74, 6) is 0. The number of sulfonamides is 1. The van der Waals surface area contributed by atoms with Crippen LogP contribution in [0.3, 0.4) is 0 Å². The van der Waals surface area contributed by atoms with Gasteiger partial charge in [-0.25, -0.2) is 8.42 Å². The zero-order valence-electron chi connectivity index (χ0n) is 12.2. The molecule has 21 heavy (non-hydrogen) atoms. The molecule has 0 N–H and O–H groups in total. The quantitative estimate of drug-likeness (QED) is 0.714. The molecule has 0 amide bonds. The molecule has 120 valence electrons. The van der Waals surface area contributed by atoms with Crippen molar-refractivity contribution in [2.24, 2.45) is 0 Å². The highest BCUT2D eigenvalue weighted by Gasteiger charge is 2.32. The molecule has 0 unspecified atom stereocenters. The van der Waals surface area contributed by atoms with Crippen molar-refractivity contribution in [3.05, 3.63) is 29.8 Å². The van der Waals surface area contributed by atoms with Gasteiger partial charge in [-0.05, 0) is 24.6 Å². The van der Waals surface area contributed by atoms with E-state index < -0.39 is 21.8 Å². The second-order valence-corrected chi connectivity index (χ2v) is 6.67. The van der Waals surface area contributed by atoms with E-state index in [-0.39, 0.29) is 11.4 Å². The maximum atomic E-state index is 12.7. The molecule has 7 heteroatoms. The lowest BCUT2D eigenvalue weighted by Gasteiger charge is -2.21. The van der Waals surface area contributed by atoms with Gasteiger partial charge in [0.05, 0.1) is 10.5 Å². The summed E-state index contributed by atoms with van der Waals surface area (Å²) in [7, 11) is -3.88. The van der Waals surface area contributed by atoms with Gasteiger partial charge < -0.3 is 0 Å². The Balaban J connectivity index is 3.05. The van der Waals surface area contributed by atoms with Crippen LogP contribution in [0.4, 0.5) is 13.2 Å². The molecule has 0 saturated heterocycles. The van der Waals surface area contributed by atoms with E-state index in [0.717, 1.165) is 25.0 Å². The van der Waals surface area contributed by atoms with Crippen molar-refractivity contribution in [2.45, 2.75) is 44.2 Å². The highest BCUT2D eigenvalue weighted by Crippen LogP contribution is 2.31. The first kappa shape index (κ1) is 18.0. The minimum absolute atomic E-state index is 0.238. The van der Waals surface area contributed by atoms with Gasteiger partial charge in [-0.3, -0.25) is 0 Å². The number of hydrogen-bond donors (Lipinski definition) is 0. The minimum atomic E-state index is -4.55. The third kappa shape index (κ3) is 4.71. The monoisotopic (exact) mass is 323 g/mol. The molecule has 0 radical (unpaired) electrons. The Labute approximate surface area is 123 Å². The maximum Gasteiger partial charge on any atom is 0.416 e. The number of rotatable bonds is 7. The third-order valence-electron chi connectivity index (χ3n) is 3.16. The van der Waals surface area contributed by atoms with Gasteiger partial charge in [0.15, 0.2) is 0 Å². The SMILES string of the molecule is CCCCCN(CC)S(=O)(=O)c1cccc(C(F)(F)F)c1. The van der Waals surface area contributed by atoms with Crippen LogP contribution in [0.15, 0.2) is 29.2 Å². The number of halogens is 3. The van der Waals surface area contributed by atoms with Crippen molar-refractivity contribution < 1.29 is 21.6 Å². The molecule has 0 aliphatic rings. The number of hydrogen-bond acceptors (Lipinski definition) is 2. The Morgan fingerprint density at radius 2 is 1.81 bits per heavy atom. The summed E-state index contributed by atoms with van der Waals surface area (Å²) in [6.07, 6.45) is -2.02. The van der Waals surface area contributed by atoms with Crippen LogP contribution in [-0.4, -0.2) is 25.8 Å². The molecule has 0 bridgehead atoms. The van der Waals surface area contributed by atoms with Gasteiger partial charge in [0.25, 0.3) is 0 Å². The molecule has 0 spiro atoms. The average Bonchev–Trinajstić information content (AvgIpc) is 2.42. The number of unbranched alkanes of at least 4 members (excludes halogenated alkanes) is 2. The number of alkyl halides is 3. The van der Waals surface area contributed by atoms with E-state index in [9.17, 15) is 21.6 Å². The zero-order valence-corrected chi connectivity index (χ0v) is 13.0. The fourth-order valence-corrected chi connectivity index (χ4v) is 3.50. The van der Waals surface area contributed by atoms with Crippen LogP contribution in [0.1, 0.15) is 38.7 Å². The smallest absolute Gasteiger partial charge is 0.207 e. The molecule has 0 aliphatic heterocycles. The average molecular weight is 323 g/mol. The molecule has 0 saturated carbocycles. The first-order valence-electron chi connectivity index (χ1n) is 6.91. The summed E-state index contributed by atoms with van der Waals surface area (Å²) >= 11 is 0. The maximum absolute atomic E-state index is 12.7. The predicted molar refractivity (Wildman–Crippen MR) is 75.4 cm³/mol. The van der Waals surface area contributed by atoms with Crippen molar-refractivity contribution in [2.75, 3.05) is 13.1 Å². The summed E-state index contributed by atoms with van der Waals surface area (Å²) < 4.78 is 64.0. The normalized spacial score (nSPS) is 12.9. The molecule has 1 aromatic rings. The van der Waals surface area contributed by atoms with E-state index in [0.29, 0.717) is 19.0 Å². The lowest BCUT2D eigenvalue weighted by Crippen LogP contribution is -2.32. The second-order valence-electron chi connectivity index (χ2n) is 4.73. The van der Waals surface area contributed by atoms with Crippen LogP contribution >= 0.6 is 0 Å². The fraction of sp³-hybridized carbons (Fsp3) is 0.571. The van der Waals surface area contributed by atoms with E-state index >= 15 is 0 Å². The molecule has 3 nitrogen and oxygen atoms in total. The van der Waals surface area contributed by atoms with Gasteiger partial charge in [0.2, 0.25) is 10.0 Å². The van der Waals surface area contributed by atoms with Crippen molar-refractivity contribution >= 4 is 10.0 Å². The van der Waals surface area contributed by atoms with Crippen LogP contribution in [0.5, 0.6) is 0 Å². The van der Waals surface area contributed by atoms with E-state index in [2.05, 4.69) is 0 Å². The third-order valence-corrected chi connectivity index (χ3v) is 5.13. The predicted octanol–water partition coefficient (Wildman–Crippen LogP) is 3.91. The lowest BCUT2D eigenvalue weighted by molar-refractivity contribution is -0.137. The fourth-order valence-electron chi connectivity index (χ4n) is 1.97. The van der Waals surface area contributed by atoms with Crippen LogP contribution in [0, 0.1) is 0 Å². The molecule has 1 rings (SSSR count). The zero-order chi connectivity index (χ0) is 16.1. The van der Waals surface area contributed by atoms with Crippen molar-refractivity contribution in [1.82, 2.24) is 4.31 Å². The molecule has 0 heterocycles. The van der Waals surface area contributed by atoms with E-state index in [4.69, 9.17) is 0 Å². The van der Waals surface area contributed by atoms with Crippen LogP contribution in [0.25, 0.3) is 0 Å². The van der Waals surface area contributed by atoms with Gasteiger partial charge in [0.1, 0.15) is 0 Å². The van der Waals surface area contributed by atoms with Gasteiger partial charge in [0, 0.05) is 13.1 Å². The Morgan fingerprint density at radius 3 is 2.33 bits per heavy atom. The first-order valence-corrected chi connectivity index (χ1v) is 8.35. The molecule has 0 atom stereocenters. The minimum Gasteiger partial charge on any atom is -0.207 e. The standard InChI is InChI=1S/C14H20F3NO2S/c1-3-5-6-10-18(4-2)21(19,20)13-9-7-8-12(11-13)14(15,16)17/h7-9,11H,3-6,10H2,1-2H3. The highest BCUT2D eigenvalue weighted by atomic mass is 32.2. The van der Waals surface area contributed by atoms with Crippen LogP contribution in [0.2, 0.25) is 0 Å². The summed E-state index contributed by atoms with van der Waals surface area (Å²) in [6.45, 7) is 4.24. The Kier molecular flexibility index (Phi) is 6.22. The Bertz CT molecular complexity index is 556. The molecule has 0 aliphatic carbocycles. The van der Waals surface area contributed by atoms with Crippen molar-refractivity contribution in [3.63, 3.8) is 0 Å². The molecule has 0 fully saturated rings. The van der Waals surface area contributed by atoms with Crippen molar-refractivity contribution in [1.29, 1.82) is 0 Å². The summed E-state index contributed by atoms with van der Waals surface area (Å²) in [5.41, 5.74) is -0.951. The molecular weight excluding hydrogens is 303 g/mol. The van der Waals surface area contributed by atoms with E-state index in [1.54, 1.807) is 6.92 Å². The van der Waals surface area contributed by atoms with Gasteiger partial charge in [-0.1, -0.05) is 32.8 Å². The van der Waals surface area contributed by atoms with Crippen LogP contribution < -0.4 is 0 Å². The van der Waals surface area contributed by atoms with Crippen LogP contribution in [-0.2, 0) is 16.2 Å². The summed E-state index contributed by atoms with van der Waals surface area (Å²) in [4.78, 5) is -0.310. The highest BCUT2D eigenvalue weighted by molar-refractivity contribution is 7.89. The summed E-state index contributed by atoms with van der Waals surface area (Å²) in [6, 6.07) is 3.88. The van der Waals surface area contributed by atoms with E-state index in [1.165, 1.54) is 10.4 Å². The largest absolute Gasteiger partial charge is 0.416 e. The topological polar surface area (TPSA) is 37.4 Å². The van der Waals surface area contributed by atoms with Gasteiger partial charge >= 0.3 is 6.18 Å². The number of benzene rings is 1. The second kappa shape index (κ2) is 7.26. The molecular formula is C14H20F3NO2S. The summed E-state index contributed by atoms with van der Waals surface area (Å²) in [5, 5.41) is 0. The van der Waals surface area contributed by atoms with Gasteiger partial charge in [-0.15, -0.1) is 0 Å². The Morgan fingerprint density at radius 1 is 1.14 bits per heavy atom. The number of nitrogens with zero attached hydrogens (tertiary/aromatic N) is 1. The first-order chi connectivity index (χ1) is 9.73. The van der Waals surface area contributed by atoms with Gasteiger partial charge in [-0.2, -0.15) is 17.5 Å². The molecule has 0 aromatic heterocycles. The lowest BCUT2D eigenvalue weighted by atomic mass is 10.2. The Hall–Kier alpha value is -1.08. The van der Waals surface area contributed by atoms with E-state index in [1.807, 2.05) is 6.92 Å². The van der Waals surface area contributed by atoms with Crippen molar-refractivity contribution in [3.8, 4) is 0 Å².